The minimum atomic E-state index is -0.601. The molecule has 1 aromatic carbocycles. The number of rotatable bonds is 4. The number of nitrogens with one attached hydrogen (secondary N) is 1. The molecule has 1 aliphatic heterocycles. The quantitative estimate of drug-likeness (QED) is 0.919. The minimum absolute atomic E-state index is 0.0980. The first-order valence-electron chi connectivity index (χ1n) is 8.82. The maximum absolute atomic E-state index is 13.0. The maximum Gasteiger partial charge on any atom is 0.158 e. The Hall–Kier alpha value is -1.19. The Bertz CT molecular complexity index is 588. The zero-order chi connectivity index (χ0) is 16.8. The van der Waals surface area contributed by atoms with Crippen LogP contribution in [0.3, 0.4) is 0 Å². The highest BCUT2D eigenvalue weighted by atomic mass is 16.5. The van der Waals surface area contributed by atoms with Gasteiger partial charge in [0.05, 0.1) is 6.10 Å². The summed E-state index contributed by atoms with van der Waals surface area (Å²) in [4.78, 5) is 13.0. The van der Waals surface area contributed by atoms with Crippen LogP contribution in [0.5, 0.6) is 0 Å². The van der Waals surface area contributed by atoms with Gasteiger partial charge >= 0.3 is 0 Å². The largest absolute Gasteiger partial charge is 0.364 e. The van der Waals surface area contributed by atoms with Crippen molar-refractivity contribution < 1.29 is 9.53 Å². The molecule has 0 radical (unpaired) electrons. The van der Waals surface area contributed by atoms with E-state index in [9.17, 15) is 4.79 Å². The van der Waals surface area contributed by atoms with Crippen molar-refractivity contribution in [1.82, 2.24) is 5.32 Å². The van der Waals surface area contributed by atoms with Crippen LogP contribution in [0.2, 0.25) is 0 Å². The van der Waals surface area contributed by atoms with Crippen molar-refractivity contribution in [3.63, 3.8) is 0 Å². The number of benzene rings is 1. The first-order valence-corrected chi connectivity index (χ1v) is 8.82. The molecule has 23 heavy (non-hydrogen) atoms. The van der Waals surface area contributed by atoms with Crippen LogP contribution in [0.25, 0.3) is 0 Å². The number of hydrogen-bond acceptors (Lipinski definition) is 3. The number of ether oxygens (including phenoxy) is 1. The van der Waals surface area contributed by atoms with E-state index >= 15 is 0 Å². The molecule has 0 aromatic heterocycles. The second-order valence-corrected chi connectivity index (χ2v) is 8.08. The molecule has 1 saturated carbocycles. The molecule has 0 bridgehead atoms. The summed E-state index contributed by atoms with van der Waals surface area (Å²) in [6.45, 7) is 11.3. The second kappa shape index (κ2) is 5.71. The number of hydrogen-bond donors (Lipinski definition) is 1. The third kappa shape index (κ3) is 2.97. The Labute approximate surface area is 139 Å². The molecule has 1 aromatic rings. The topological polar surface area (TPSA) is 38.3 Å². The van der Waals surface area contributed by atoms with E-state index < -0.39 is 5.60 Å². The van der Waals surface area contributed by atoms with Crippen molar-refractivity contribution in [3.05, 3.63) is 35.4 Å². The number of ketones is 1. The van der Waals surface area contributed by atoms with Crippen LogP contribution in [0.15, 0.2) is 24.3 Å². The lowest BCUT2D eigenvalue weighted by Gasteiger charge is -2.45. The Morgan fingerprint density at radius 3 is 2.35 bits per heavy atom. The Morgan fingerprint density at radius 2 is 1.83 bits per heavy atom. The van der Waals surface area contributed by atoms with E-state index in [2.05, 4.69) is 64.2 Å². The van der Waals surface area contributed by atoms with Crippen LogP contribution in [-0.2, 0) is 15.1 Å². The van der Waals surface area contributed by atoms with E-state index in [1.165, 1.54) is 5.56 Å². The predicted octanol–water partition coefficient (Wildman–Crippen LogP) is 3.77. The first kappa shape index (κ1) is 16.7. The van der Waals surface area contributed by atoms with Crippen molar-refractivity contribution in [3.8, 4) is 0 Å². The fraction of sp³-hybridized carbons (Fsp3) is 0.650. The molecule has 3 heteroatoms. The van der Waals surface area contributed by atoms with E-state index in [0.29, 0.717) is 11.7 Å². The standard InChI is InChI=1S/C20H29NO2/c1-13(2)15-6-8-16(9-7-15)20(5)17(21-12-14(3)23-20)18(22)19(4)10-11-19/h6-9,13-14,17,21H,10-12H2,1-5H3. The van der Waals surface area contributed by atoms with E-state index in [4.69, 9.17) is 4.74 Å². The van der Waals surface area contributed by atoms with Crippen LogP contribution in [0, 0.1) is 5.41 Å². The van der Waals surface area contributed by atoms with Crippen LogP contribution < -0.4 is 5.32 Å². The molecule has 3 unspecified atom stereocenters. The zero-order valence-electron chi connectivity index (χ0n) is 15.0. The summed E-state index contributed by atoms with van der Waals surface area (Å²) in [6.07, 6.45) is 2.10. The van der Waals surface area contributed by atoms with Crippen LogP contribution in [0.4, 0.5) is 0 Å². The van der Waals surface area contributed by atoms with Crippen LogP contribution in [0.1, 0.15) is 64.5 Å². The van der Waals surface area contributed by atoms with Gasteiger partial charge in [0.1, 0.15) is 11.6 Å². The highest BCUT2D eigenvalue weighted by Crippen LogP contribution is 2.49. The molecule has 1 aliphatic carbocycles. The maximum atomic E-state index is 13.0. The number of carbonyl (C=O) groups is 1. The Kier molecular flexibility index (Phi) is 4.14. The summed E-state index contributed by atoms with van der Waals surface area (Å²) in [5.41, 5.74) is 1.64. The summed E-state index contributed by atoms with van der Waals surface area (Å²) >= 11 is 0. The lowest BCUT2D eigenvalue weighted by molar-refractivity contribution is -0.156. The van der Waals surface area contributed by atoms with Gasteiger partial charge in [-0.1, -0.05) is 45.0 Å². The molecule has 2 fully saturated rings. The highest BCUT2D eigenvalue weighted by molar-refractivity contribution is 5.93. The van der Waals surface area contributed by atoms with E-state index in [1.807, 2.05) is 0 Å². The molecule has 1 saturated heterocycles. The zero-order valence-corrected chi connectivity index (χ0v) is 15.0. The van der Waals surface area contributed by atoms with Gasteiger partial charge in [-0.25, -0.2) is 0 Å². The summed E-state index contributed by atoms with van der Waals surface area (Å²) in [6, 6.07) is 8.31. The van der Waals surface area contributed by atoms with Gasteiger partial charge in [0.2, 0.25) is 0 Å². The predicted molar refractivity (Wildman–Crippen MR) is 92.6 cm³/mol. The summed E-state index contributed by atoms with van der Waals surface area (Å²) in [7, 11) is 0. The van der Waals surface area contributed by atoms with Gasteiger partial charge in [-0.2, -0.15) is 0 Å². The number of morpholine rings is 1. The lowest BCUT2D eigenvalue weighted by atomic mass is 9.79. The van der Waals surface area contributed by atoms with Crippen LogP contribution >= 0.6 is 0 Å². The van der Waals surface area contributed by atoms with Gasteiger partial charge in [0, 0.05) is 12.0 Å². The van der Waals surface area contributed by atoms with Crippen molar-refractivity contribution in [2.75, 3.05) is 6.54 Å². The van der Waals surface area contributed by atoms with Crippen LogP contribution in [-0.4, -0.2) is 24.5 Å². The molecular formula is C20H29NO2. The highest BCUT2D eigenvalue weighted by Gasteiger charge is 2.54. The molecule has 3 atom stereocenters. The molecule has 0 spiro atoms. The minimum Gasteiger partial charge on any atom is -0.364 e. The molecule has 1 N–H and O–H groups in total. The van der Waals surface area contributed by atoms with Crippen molar-refractivity contribution in [1.29, 1.82) is 0 Å². The first-order chi connectivity index (χ1) is 10.8. The second-order valence-electron chi connectivity index (χ2n) is 8.08. The fourth-order valence-corrected chi connectivity index (χ4v) is 3.57. The normalized spacial score (nSPS) is 32.8. The Balaban J connectivity index is 1.94. The number of carbonyl (C=O) groups excluding carboxylic acids is 1. The smallest absolute Gasteiger partial charge is 0.158 e. The van der Waals surface area contributed by atoms with Crippen molar-refractivity contribution >= 4 is 5.78 Å². The van der Waals surface area contributed by atoms with Crippen molar-refractivity contribution in [2.24, 2.45) is 5.41 Å². The summed E-state index contributed by atoms with van der Waals surface area (Å²) in [5, 5.41) is 3.47. The third-order valence-corrected chi connectivity index (χ3v) is 5.61. The monoisotopic (exact) mass is 315 g/mol. The van der Waals surface area contributed by atoms with Crippen molar-refractivity contribution in [2.45, 2.75) is 71.1 Å². The van der Waals surface area contributed by atoms with Gasteiger partial charge in [-0.05, 0) is 43.7 Å². The average molecular weight is 315 g/mol. The molecule has 126 valence electrons. The van der Waals surface area contributed by atoms with E-state index in [0.717, 1.165) is 24.9 Å². The average Bonchev–Trinajstić information content (AvgIpc) is 3.26. The van der Waals surface area contributed by atoms with Gasteiger partial charge in [-0.3, -0.25) is 4.79 Å². The van der Waals surface area contributed by atoms with E-state index in [1.54, 1.807) is 0 Å². The van der Waals surface area contributed by atoms with Gasteiger partial charge in [0.25, 0.3) is 0 Å². The SMILES string of the molecule is CC1CNC(C(=O)C2(C)CC2)C(C)(c2ccc(C(C)C)cc2)O1. The lowest BCUT2D eigenvalue weighted by Crippen LogP contribution is -2.61. The molecular weight excluding hydrogens is 286 g/mol. The molecule has 3 rings (SSSR count). The van der Waals surface area contributed by atoms with Gasteiger partial charge in [-0.15, -0.1) is 0 Å². The number of Topliss-reactive ketones (excluding diaryl/α,β-unsaturated/α-hetero) is 1. The molecule has 2 aliphatic rings. The van der Waals surface area contributed by atoms with Gasteiger partial charge in [0.15, 0.2) is 5.78 Å². The molecule has 0 amide bonds. The van der Waals surface area contributed by atoms with E-state index in [-0.39, 0.29) is 17.6 Å². The Morgan fingerprint density at radius 1 is 1.22 bits per heavy atom. The van der Waals surface area contributed by atoms with Gasteiger partial charge < -0.3 is 10.1 Å². The summed E-state index contributed by atoms with van der Waals surface area (Å²) in [5.74, 6) is 0.809. The third-order valence-electron chi connectivity index (χ3n) is 5.61. The summed E-state index contributed by atoms with van der Waals surface area (Å²) < 4.78 is 6.33. The fourth-order valence-electron chi connectivity index (χ4n) is 3.57. The molecule has 3 nitrogen and oxygen atoms in total. The molecule has 1 heterocycles.